The number of carbonyl (C=O) groups is 1. The molecular formula is C15H23N3O. The van der Waals surface area contributed by atoms with Crippen molar-refractivity contribution in [2.24, 2.45) is 16.7 Å². The van der Waals surface area contributed by atoms with E-state index in [1.54, 1.807) is 18.3 Å². The Morgan fingerprint density at radius 1 is 1.32 bits per heavy atom. The summed E-state index contributed by atoms with van der Waals surface area (Å²) in [6.45, 7) is 9.77. The first-order valence-electron chi connectivity index (χ1n) is 6.72. The van der Waals surface area contributed by atoms with Crippen LogP contribution in [-0.4, -0.2) is 17.4 Å². The Morgan fingerprint density at radius 2 is 1.95 bits per heavy atom. The molecule has 1 amide bonds. The van der Waals surface area contributed by atoms with Crippen molar-refractivity contribution in [1.82, 2.24) is 10.3 Å². The highest BCUT2D eigenvalue weighted by Crippen LogP contribution is 2.67. The fourth-order valence-electron chi connectivity index (χ4n) is 2.83. The second-order valence-corrected chi connectivity index (χ2v) is 6.56. The number of nitrogens with two attached hydrogens (primary N) is 1. The first-order valence-corrected chi connectivity index (χ1v) is 6.72. The van der Waals surface area contributed by atoms with Gasteiger partial charge in [0.15, 0.2) is 0 Å². The molecule has 1 fully saturated rings. The number of amides is 1. The van der Waals surface area contributed by atoms with Gasteiger partial charge in [-0.15, -0.1) is 0 Å². The van der Waals surface area contributed by atoms with Gasteiger partial charge in [-0.3, -0.25) is 9.78 Å². The Morgan fingerprint density at radius 3 is 2.42 bits per heavy atom. The SMILES string of the molecule is CC1(C)C(CNC(=O)Cc2ccc(N)cn2)C1(C)C. The molecular weight excluding hydrogens is 238 g/mol. The molecule has 1 aromatic heterocycles. The van der Waals surface area contributed by atoms with Gasteiger partial charge in [-0.25, -0.2) is 0 Å². The molecule has 4 nitrogen and oxygen atoms in total. The third kappa shape index (κ3) is 2.57. The van der Waals surface area contributed by atoms with E-state index in [0.717, 1.165) is 12.2 Å². The summed E-state index contributed by atoms with van der Waals surface area (Å²) in [7, 11) is 0. The van der Waals surface area contributed by atoms with Gasteiger partial charge < -0.3 is 11.1 Å². The van der Waals surface area contributed by atoms with Gasteiger partial charge in [0, 0.05) is 12.2 Å². The number of nitrogens with one attached hydrogen (secondary N) is 1. The molecule has 0 aliphatic heterocycles. The maximum Gasteiger partial charge on any atom is 0.226 e. The number of carbonyl (C=O) groups excluding carboxylic acids is 1. The van der Waals surface area contributed by atoms with Gasteiger partial charge >= 0.3 is 0 Å². The zero-order chi connectivity index (χ0) is 14.3. The van der Waals surface area contributed by atoms with Crippen LogP contribution in [0.5, 0.6) is 0 Å². The molecule has 1 aliphatic carbocycles. The van der Waals surface area contributed by atoms with Crippen LogP contribution in [0.4, 0.5) is 5.69 Å². The zero-order valence-corrected chi connectivity index (χ0v) is 12.2. The first kappa shape index (κ1) is 13.8. The van der Waals surface area contributed by atoms with E-state index >= 15 is 0 Å². The van der Waals surface area contributed by atoms with Crippen LogP contribution in [0.1, 0.15) is 33.4 Å². The standard InChI is InChI=1S/C15H23N3O/c1-14(2)12(15(14,3)4)9-18-13(19)7-11-6-5-10(16)8-17-11/h5-6,8,12H,7,9,16H2,1-4H3,(H,18,19). The van der Waals surface area contributed by atoms with Crippen molar-refractivity contribution in [2.75, 3.05) is 12.3 Å². The number of aromatic nitrogens is 1. The average molecular weight is 261 g/mol. The highest BCUT2D eigenvalue weighted by atomic mass is 16.1. The van der Waals surface area contributed by atoms with Crippen LogP contribution in [-0.2, 0) is 11.2 Å². The summed E-state index contributed by atoms with van der Waals surface area (Å²) in [5.74, 6) is 0.569. The Balaban J connectivity index is 1.82. The van der Waals surface area contributed by atoms with Gasteiger partial charge in [-0.1, -0.05) is 27.7 Å². The number of hydrogen-bond acceptors (Lipinski definition) is 3. The summed E-state index contributed by atoms with van der Waals surface area (Å²) in [6.07, 6.45) is 1.89. The van der Waals surface area contributed by atoms with E-state index in [4.69, 9.17) is 5.73 Å². The molecule has 104 valence electrons. The normalized spacial score (nSPS) is 20.0. The van der Waals surface area contributed by atoms with Crippen LogP contribution in [0.15, 0.2) is 18.3 Å². The van der Waals surface area contributed by atoms with Crippen LogP contribution < -0.4 is 11.1 Å². The molecule has 19 heavy (non-hydrogen) atoms. The quantitative estimate of drug-likeness (QED) is 0.871. The summed E-state index contributed by atoms with van der Waals surface area (Å²) in [4.78, 5) is 16.0. The summed E-state index contributed by atoms with van der Waals surface area (Å²) >= 11 is 0. The molecule has 1 aliphatic rings. The predicted molar refractivity (Wildman–Crippen MR) is 76.4 cm³/mol. The summed E-state index contributed by atoms with van der Waals surface area (Å²) < 4.78 is 0. The molecule has 0 atom stereocenters. The molecule has 1 saturated carbocycles. The molecule has 0 bridgehead atoms. The molecule has 1 aromatic rings. The van der Waals surface area contributed by atoms with Gasteiger partial charge in [-0.05, 0) is 28.9 Å². The molecule has 0 unspecified atom stereocenters. The maximum atomic E-state index is 11.9. The second-order valence-electron chi connectivity index (χ2n) is 6.56. The highest BCUT2D eigenvalue weighted by Gasteiger charge is 2.64. The summed E-state index contributed by atoms with van der Waals surface area (Å²) in [5.41, 5.74) is 7.54. The van der Waals surface area contributed by atoms with Crippen LogP contribution >= 0.6 is 0 Å². The topological polar surface area (TPSA) is 68.0 Å². The molecule has 4 heteroatoms. The van der Waals surface area contributed by atoms with Gasteiger partial charge in [0.1, 0.15) is 0 Å². The fraction of sp³-hybridized carbons (Fsp3) is 0.600. The Hall–Kier alpha value is -1.58. The van der Waals surface area contributed by atoms with E-state index in [0.29, 0.717) is 28.9 Å². The minimum Gasteiger partial charge on any atom is -0.397 e. The minimum atomic E-state index is 0.0239. The van der Waals surface area contributed by atoms with Crippen molar-refractivity contribution in [2.45, 2.75) is 34.1 Å². The zero-order valence-electron chi connectivity index (χ0n) is 12.2. The average Bonchev–Trinajstić information content (AvgIpc) is 2.70. The third-order valence-corrected chi connectivity index (χ3v) is 5.01. The third-order valence-electron chi connectivity index (χ3n) is 5.01. The fourth-order valence-corrected chi connectivity index (χ4v) is 2.83. The van der Waals surface area contributed by atoms with Crippen molar-refractivity contribution in [3.8, 4) is 0 Å². The maximum absolute atomic E-state index is 11.9. The molecule has 0 saturated heterocycles. The van der Waals surface area contributed by atoms with E-state index in [1.807, 2.05) is 0 Å². The van der Waals surface area contributed by atoms with E-state index in [1.165, 1.54) is 0 Å². The molecule has 3 N–H and O–H groups in total. The van der Waals surface area contributed by atoms with Gasteiger partial charge in [0.25, 0.3) is 0 Å². The lowest BCUT2D eigenvalue weighted by atomic mass is 10.0. The smallest absolute Gasteiger partial charge is 0.226 e. The second kappa shape index (κ2) is 4.51. The summed E-state index contributed by atoms with van der Waals surface area (Å²) in [5, 5.41) is 3.01. The van der Waals surface area contributed by atoms with Gasteiger partial charge in [-0.2, -0.15) is 0 Å². The summed E-state index contributed by atoms with van der Waals surface area (Å²) in [6, 6.07) is 3.56. The Labute approximate surface area is 114 Å². The van der Waals surface area contributed by atoms with E-state index in [-0.39, 0.29) is 5.91 Å². The Kier molecular flexibility index (Phi) is 3.29. The number of anilines is 1. The molecule has 2 rings (SSSR count). The molecule has 0 spiro atoms. The lowest BCUT2D eigenvalue weighted by molar-refractivity contribution is -0.120. The number of hydrogen-bond donors (Lipinski definition) is 2. The van der Waals surface area contributed by atoms with Crippen LogP contribution in [0.25, 0.3) is 0 Å². The van der Waals surface area contributed by atoms with Crippen molar-refractivity contribution in [3.05, 3.63) is 24.0 Å². The lowest BCUT2D eigenvalue weighted by Gasteiger charge is -2.06. The lowest BCUT2D eigenvalue weighted by Crippen LogP contribution is -2.28. The Bertz CT molecular complexity index is 463. The first-order chi connectivity index (χ1) is 8.75. The van der Waals surface area contributed by atoms with Crippen molar-refractivity contribution >= 4 is 11.6 Å². The monoisotopic (exact) mass is 261 g/mol. The van der Waals surface area contributed by atoms with Crippen molar-refractivity contribution in [3.63, 3.8) is 0 Å². The number of pyridine rings is 1. The van der Waals surface area contributed by atoms with Crippen LogP contribution in [0, 0.1) is 16.7 Å². The van der Waals surface area contributed by atoms with Crippen LogP contribution in [0.3, 0.4) is 0 Å². The molecule has 0 aromatic carbocycles. The molecule has 1 heterocycles. The number of nitrogen functional groups attached to an aromatic ring is 1. The number of rotatable bonds is 4. The highest BCUT2D eigenvalue weighted by molar-refractivity contribution is 5.78. The van der Waals surface area contributed by atoms with E-state index < -0.39 is 0 Å². The van der Waals surface area contributed by atoms with E-state index in [9.17, 15) is 4.79 Å². The predicted octanol–water partition coefficient (Wildman–Crippen LogP) is 2.00. The largest absolute Gasteiger partial charge is 0.397 e. The molecule has 0 radical (unpaired) electrons. The van der Waals surface area contributed by atoms with Crippen molar-refractivity contribution < 1.29 is 4.79 Å². The van der Waals surface area contributed by atoms with Crippen molar-refractivity contribution in [1.29, 1.82) is 0 Å². The minimum absolute atomic E-state index is 0.0239. The number of nitrogens with zero attached hydrogens (tertiary/aromatic N) is 1. The van der Waals surface area contributed by atoms with Crippen LogP contribution in [0.2, 0.25) is 0 Å². The van der Waals surface area contributed by atoms with Gasteiger partial charge in [0.2, 0.25) is 5.91 Å². The van der Waals surface area contributed by atoms with E-state index in [2.05, 4.69) is 38.0 Å². The van der Waals surface area contributed by atoms with Gasteiger partial charge in [0.05, 0.1) is 18.3 Å².